The molecular formula is C16H18N4. The number of nitrogens with two attached hydrogens (primary N) is 1. The molecule has 4 heteroatoms. The molecule has 0 aliphatic rings. The van der Waals surface area contributed by atoms with E-state index in [0.29, 0.717) is 6.54 Å². The topological polar surface area (TPSA) is 46.6 Å². The quantitative estimate of drug-likeness (QED) is 0.793. The van der Waals surface area contributed by atoms with Crippen LogP contribution in [-0.2, 0) is 6.54 Å². The van der Waals surface area contributed by atoms with Crippen molar-refractivity contribution in [2.75, 3.05) is 11.9 Å². The summed E-state index contributed by atoms with van der Waals surface area (Å²) in [5, 5.41) is 0. The molecule has 0 fully saturated rings. The van der Waals surface area contributed by atoms with Crippen LogP contribution in [0.4, 0.5) is 11.5 Å². The van der Waals surface area contributed by atoms with E-state index < -0.39 is 0 Å². The Bertz CT molecular complexity index is 728. The van der Waals surface area contributed by atoms with Crippen molar-refractivity contribution in [2.24, 2.45) is 5.73 Å². The molecule has 0 amide bonds. The Hall–Kier alpha value is -2.33. The minimum Gasteiger partial charge on any atom is -0.328 e. The number of aryl methyl sites for hydroxylation is 1. The number of anilines is 2. The van der Waals surface area contributed by atoms with E-state index in [2.05, 4.69) is 36.1 Å². The Kier molecular flexibility index (Phi) is 3.16. The lowest BCUT2D eigenvalue weighted by atomic mass is 10.2. The molecular weight excluding hydrogens is 248 g/mol. The molecule has 0 atom stereocenters. The van der Waals surface area contributed by atoms with Crippen LogP contribution in [0.15, 0.2) is 48.7 Å². The maximum Gasteiger partial charge on any atom is 0.156 e. The highest BCUT2D eigenvalue weighted by Crippen LogP contribution is 2.27. The second-order valence-electron chi connectivity index (χ2n) is 4.91. The summed E-state index contributed by atoms with van der Waals surface area (Å²) in [6.07, 6.45) is 2.00. The maximum absolute atomic E-state index is 5.91. The van der Waals surface area contributed by atoms with Gasteiger partial charge in [-0.1, -0.05) is 23.8 Å². The number of hydrogen-bond donors (Lipinski definition) is 1. The summed E-state index contributed by atoms with van der Waals surface area (Å²) >= 11 is 0. The fourth-order valence-corrected chi connectivity index (χ4v) is 2.38. The predicted octanol–water partition coefficient (Wildman–Crippen LogP) is 2.87. The third-order valence-electron chi connectivity index (χ3n) is 3.54. The van der Waals surface area contributed by atoms with E-state index in [1.54, 1.807) is 0 Å². The largest absolute Gasteiger partial charge is 0.328 e. The van der Waals surface area contributed by atoms with Gasteiger partial charge in [-0.2, -0.15) is 0 Å². The van der Waals surface area contributed by atoms with Crippen LogP contribution in [0.25, 0.3) is 5.65 Å². The first-order valence-electron chi connectivity index (χ1n) is 6.67. The molecule has 0 radical (unpaired) electrons. The monoisotopic (exact) mass is 266 g/mol. The van der Waals surface area contributed by atoms with Gasteiger partial charge in [-0.25, -0.2) is 4.98 Å². The van der Waals surface area contributed by atoms with Crippen LogP contribution in [-0.4, -0.2) is 16.4 Å². The molecule has 2 aromatic heterocycles. The van der Waals surface area contributed by atoms with Gasteiger partial charge in [-0.15, -0.1) is 0 Å². The molecule has 2 N–H and O–H groups in total. The molecule has 1 aromatic carbocycles. The lowest BCUT2D eigenvalue weighted by Crippen LogP contribution is -2.14. The normalized spacial score (nSPS) is 10.9. The molecule has 102 valence electrons. The molecule has 0 aliphatic carbocycles. The van der Waals surface area contributed by atoms with Crippen LogP contribution in [0.5, 0.6) is 0 Å². The van der Waals surface area contributed by atoms with Crippen molar-refractivity contribution in [1.29, 1.82) is 0 Å². The Morgan fingerprint density at radius 2 is 1.90 bits per heavy atom. The van der Waals surface area contributed by atoms with Gasteiger partial charge < -0.3 is 15.0 Å². The maximum atomic E-state index is 5.91. The zero-order valence-electron chi connectivity index (χ0n) is 11.7. The average Bonchev–Trinajstić information content (AvgIpc) is 2.85. The lowest BCUT2D eigenvalue weighted by Gasteiger charge is -2.18. The number of benzene rings is 1. The molecule has 0 bridgehead atoms. The van der Waals surface area contributed by atoms with Gasteiger partial charge in [0.15, 0.2) is 5.82 Å². The molecule has 4 nitrogen and oxygen atoms in total. The number of hydrogen-bond acceptors (Lipinski definition) is 3. The highest BCUT2D eigenvalue weighted by Gasteiger charge is 2.15. The van der Waals surface area contributed by atoms with E-state index in [1.165, 1.54) is 5.56 Å². The smallest absolute Gasteiger partial charge is 0.156 e. The molecule has 0 saturated carbocycles. The first-order valence-corrected chi connectivity index (χ1v) is 6.67. The van der Waals surface area contributed by atoms with Crippen molar-refractivity contribution in [2.45, 2.75) is 13.5 Å². The van der Waals surface area contributed by atoms with Crippen molar-refractivity contribution in [3.05, 3.63) is 59.9 Å². The van der Waals surface area contributed by atoms with Crippen molar-refractivity contribution < 1.29 is 0 Å². The Morgan fingerprint density at radius 3 is 2.60 bits per heavy atom. The highest BCUT2D eigenvalue weighted by molar-refractivity contribution is 5.65. The number of fused-ring (bicyclic) bond motifs is 1. The zero-order chi connectivity index (χ0) is 14.1. The number of aromatic nitrogens is 2. The third-order valence-corrected chi connectivity index (χ3v) is 3.54. The lowest BCUT2D eigenvalue weighted by molar-refractivity contribution is 0.948. The summed E-state index contributed by atoms with van der Waals surface area (Å²) in [6, 6.07) is 14.4. The van der Waals surface area contributed by atoms with Gasteiger partial charge in [0.1, 0.15) is 5.65 Å². The van der Waals surface area contributed by atoms with Gasteiger partial charge in [-0.05, 0) is 31.2 Å². The van der Waals surface area contributed by atoms with Crippen LogP contribution in [0.3, 0.4) is 0 Å². The highest BCUT2D eigenvalue weighted by atomic mass is 15.2. The van der Waals surface area contributed by atoms with E-state index >= 15 is 0 Å². The van der Waals surface area contributed by atoms with Crippen molar-refractivity contribution in [1.82, 2.24) is 9.38 Å². The van der Waals surface area contributed by atoms with E-state index in [9.17, 15) is 0 Å². The van der Waals surface area contributed by atoms with Crippen LogP contribution in [0.1, 0.15) is 11.3 Å². The fourth-order valence-electron chi connectivity index (χ4n) is 2.38. The second kappa shape index (κ2) is 4.98. The van der Waals surface area contributed by atoms with Crippen LogP contribution < -0.4 is 10.6 Å². The van der Waals surface area contributed by atoms with Gasteiger partial charge in [0.2, 0.25) is 0 Å². The summed E-state index contributed by atoms with van der Waals surface area (Å²) in [6.45, 7) is 2.54. The van der Waals surface area contributed by atoms with E-state index in [1.807, 2.05) is 35.8 Å². The van der Waals surface area contributed by atoms with Gasteiger partial charge in [0, 0.05) is 25.5 Å². The first kappa shape index (κ1) is 12.7. The Labute approximate surface area is 118 Å². The summed E-state index contributed by atoms with van der Waals surface area (Å²) in [7, 11) is 2.02. The van der Waals surface area contributed by atoms with Gasteiger partial charge in [0.25, 0.3) is 0 Å². The summed E-state index contributed by atoms with van der Waals surface area (Å²) in [4.78, 5) is 6.77. The molecule has 2 heterocycles. The zero-order valence-corrected chi connectivity index (χ0v) is 11.7. The molecule has 20 heavy (non-hydrogen) atoms. The van der Waals surface area contributed by atoms with Gasteiger partial charge in [-0.3, -0.25) is 0 Å². The Morgan fingerprint density at radius 1 is 1.15 bits per heavy atom. The molecule has 3 rings (SSSR count). The van der Waals surface area contributed by atoms with Crippen molar-refractivity contribution in [3.8, 4) is 0 Å². The van der Waals surface area contributed by atoms with Crippen LogP contribution in [0.2, 0.25) is 0 Å². The second-order valence-corrected chi connectivity index (χ2v) is 4.91. The van der Waals surface area contributed by atoms with E-state index in [4.69, 9.17) is 10.7 Å². The average molecular weight is 266 g/mol. The van der Waals surface area contributed by atoms with Crippen molar-refractivity contribution in [3.63, 3.8) is 0 Å². The Balaban J connectivity index is 2.11. The molecule has 0 aliphatic heterocycles. The standard InChI is InChI=1S/C16H18N4/c1-12-6-8-13(9-7-12)19(2)16-14(11-17)20-10-4-3-5-15(20)18-16/h3-10H,11,17H2,1-2H3. The SMILES string of the molecule is Cc1ccc(N(C)c2nc3ccccn3c2CN)cc1. The summed E-state index contributed by atoms with van der Waals surface area (Å²) in [5.74, 6) is 0.905. The summed E-state index contributed by atoms with van der Waals surface area (Å²) < 4.78 is 2.04. The van der Waals surface area contributed by atoms with E-state index in [-0.39, 0.29) is 0 Å². The number of pyridine rings is 1. The molecule has 0 unspecified atom stereocenters. The van der Waals surface area contributed by atoms with Crippen LogP contribution >= 0.6 is 0 Å². The summed E-state index contributed by atoms with van der Waals surface area (Å²) in [5.41, 5.74) is 10.2. The van der Waals surface area contributed by atoms with E-state index in [0.717, 1.165) is 22.8 Å². The van der Waals surface area contributed by atoms with Gasteiger partial charge >= 0.3 is 0 Å². The molecule has 0 spiro atoms. The molecule has 3 aromatic rings. The fraction of sp³-hybridized carbons (Fsp3) is 0.188. The minimum atomic E-state index is 0.455. The van der Waals surface area contributed by atoms with Crippen LogP contribution in [0, 0.1) is 6.92 Å². The minimum absolute atomic E-state index is 0.455. The third kappa shape index (κ3) is 2.04. The van der Waals surface area contributed by atoms with Gasteiger partial charge in [0.05, 0.1) is 5.69 Å². The number of nitrogens with zero attached hydrogens (tertiary/aromatic N) is 3. The molecule has 0 saturated heterocycles. The van der Waals surface area contributed by atoms with Crippen molar-refractivity contribution >= 4 is 17.2 Å². The number of imidazole rings is 1. The first-order chi connectivity index (χ1) is 9.70. The number of rotatable bonds is 3. The predicted molar refractivity (Wildman–Crippen MR) is 82.3 cm³/mol.